The first kappa shape index (κ1) is 13.2. The molecule has 1 heterocycles. The minimum Gasteiger partial charge on any atom is -0.314 e. The lowest BCUT2D eigenvalue weighted by atomic mass is 9.84. The molecule has 3 nitrogen and oxygen atoms in total. The molecular weight excluding hydrogens is 198 g/mol. The van der Waals surface area contributed by atoms with E-state index >= 15 is 0 Å². The van der Waals surface area contributed by atoms with Crippen LogP contribution in [0.3, 0.4) is 0 Å². The van der Waals surface area contributed by atoms with Gasteiger partial charge in [-0.1, -0.05) is 27.7 Å². The molecule has 16 heavy (non-hydrogen) atoms. The van der Waals surface area contributed by atoms with E-state index in [1.165, 1.54) is 5.69 Å². The standard InChI is InChI=1S/C13H25N3/c1-6-14-12(13(2,3)4)8-7-11-9-10-16(5)15-11/h9-10,12,14H,6-8H2,1-5H3. The molecule has 3 heteroatoms. The van der Waals surface area contributed by atoms with Crippen LogP contribution in [0.2, 0.25) is 0 Å². The van der Waals surface area contributed by atoms with Crippen molar-refractivity contribution < 1.29 is 0 Å². The summed E-state index contributed by atoms with van der Waals surface area (Å²) >= 11 is 0. The van der Waals surface area contributed by atoms with Crippen molar-refractivity contribution in [3.05, 3.63) is 18.0 Å². The van der Waals surface area contributed by atoms with Crippen LogP contribution in [-0.4, -0.2) is 22.4 Å². The van der Waals surface area contributed by atoms with Crippen LogP contribution < -0.4 is 5.32 Å². The molecule has 0 aliphatic rings. The van der Waals surface area contributed by atoms with E-state index < -0.39 is 0 Å². The van der Waals surface area contributed by atoms with E-state index in [4.69, 9.17) is 0 Å². The molecular formula is C13H25N3. The molecule has 1 aromatic heterocycles. The fourth-order valence-electron chi connectivity index (χ4n) is 1.98. The minimum absolute atomic E-state index is 0.310. The summed E-state index contributed by atoms with van der Waals surface area (Å²) in [6.07, 6.45) is 4.21. The highest BCUT2D eigenvalue weighted by molar-refractivity contribution is 4.99. The number of hydrogen-bond acceptors (Lipinski definition) is 2. The molecule has 0 fully saturated rings. The van der Waals surface area contributed by atoms with Crippen LogP contribution in [0.15, 0.2) is 12.3 Å². The normalized spacial score (nSPS) is 14.1. The van der Waals surface area contributed by atoms with Gasteiger partial charge in [0.25, 0.3) is 0 Å². The molecule has 0 spiro atoms. The number of aryl methyl sites for hydroxylation is 2. The predicted molar refractivity (Wildman–Crippen MR) is 68.4 cm³/mol. The van der Waals surface area contributed by atoms with Gasteiger partial charge in [-0.25, -0.2) is 0 Å². The van der Waals surface area contributed by atoms with Gasteiger partial charge in [-0.15, -0.1) is 0 Å². The Morgan fingerprint density at radius 1 is 1.44 bits per heavy atom. The molecule has 0 bridgehead atoms. The van der Waals surface area contributed by atoms with Crippen LogP contribution in [0.1, 0.15) is 39.8 Å². The van der Waals surface area contributed by atoms with Crippen LogP contribution >= 0.6 is 0 Å². The molecule has 0 radical (unpaired) electrons. The Morgan fingerprint density at radius 3 is 2.56 bits per heavy atom. The molecule has 92 valence electrons. The second kappa shape index (κ2) is 5.48. The predicted octanol–water partition coefficient (Wildman–Crippen LogP) is 2.38. The number of hydrogen-bond donors (Lipinski definition) is 1. The van der Waals surface area contributed by atoms with Crippen molar-refractivity contribution in [3.8, 4) is 0 Å². The molecule has 0 saturated heterocycles. The van der Waals surface area contributed by atoms with Crippen molar-refractivity contribution in [2.45, 2.75) is 46.6 Å². The topological polar surface area (TPSA) is 29.9 Å². The third-order valence-electron chi connectivity index (χ3n) is 2.95. The Labute approximate surface area is 99.2 Å². The number of aromatic nitrogens is 2. The van der Waals surface area contributed by atoms with Crippen LogP contribution in [-0.2, 0) is 13.5 Å². The molecule has 0 amide bonds. The second-order valence-electron chi connectivity index (χ2n) is 5.50. The molecule has 1 atom stereocenters. The van der Waals surface area contributed by atoms with E-state index in [1.807, 2.05) is 17.9 Å². The zero-order valence-corrected chi connectivity index (χ0v) is 11.2. The Balaban J connectivity index is 2.50. The maximum atomic E-state index is 4.41. The zero-order valence-electron chi connectivity index (χ0n) is 11.2. The first-order chi connectivity index (χ1) is 7.43. The van der Waals surface area contributed by atoms with Crippen molar-refractivity contribution >= 4 is 0 Å². The van der Waals surface area contributed by atoms with Crippen molar-refractivity contribution in [2.24, 2.45) is 12.5 Å². The Bertz CT molecular complexity index is 309. The Morgan fingerprint density at radius 2 is 2.12 bits per heavy atom. The van der Waals surface area contributed by atoms with E-state index in [9.17, 15) is 0 Å². The SMILES string of the molecule is CCNC(CCc1ccn(C)n1)C(C)(C)C. The minimum atomic E-state index is 0.310. The van der Waals surface area contributed by atoms with Gasteiger partial charge < -0.3 is 5.32 Å². The molecule has 1 rings (SSSR count). The van der Waals surface area contributed by atoms with Gasteiger partial charge in [-0.3, -0.25) is 4.68 Å². The highest BCUT2D eigenvalue weighted by atomic mass is 15.2. The summed E-state index contributed by atoms with van der Waals surface area (Å²) in [7, 11) is 1.97. The second-order valence-corrected chi connectivity index (χ2v) is 5.50. The highest BCUT2D eigenvalue weighted by Crippen LogP contribution is 2.22. The molecule has 0 aliphatic heterocycles. The number of nitrogens with zero attached hydrogens (tertiary/aromatic N) is 2. The van der Waals surface area contributed by atoms with Gasteiger partial charge in [0.2, 0.25) is 0 Å². The Kier molecular flexibility index (Phi) is 4.54. The third kappa shape index (κ3) is 3.97. The van der Waals surface area contributed by atoms with E-state index in [-0.39, 0.29) is 0 Å². The third-order valence-corrected chi connectivity index (χ3v) is 2.95. The van der Waals surface area contributed by atoms with Crippen LogP contribution in [0, 0.1) is 5.41 Å². The van der Waals surface area contributed by atoms with E-state index in [0.717, 1.165) is 19.4 Å². The van der Waals surface area contributed by atoms with Gasteiger partial charge in [-0.2, -0.15) is 5.10 Å². The van der Waals surface area contributed by atoms with Crippen molar-refractivity contribution in [1.82, 2.24) is 15.1 Å². The average molecular weight is 223 g/mol. The molecule has 1 unspecified atom stereocenters. The number of rotatable bonds is 5. The van der Waals surface area contributed by atoms with Gasteiger partial charge in [0.1, 0.15) is 0 Å². The van der Waals surface area contributed by atoms with Crippen LogP contribution in [0.4, 0.5) is 0 Å². The van der Waals surface area contributed by atoms with E-state index in [0.29, 0.717) is 11.5 Å². The molecule has 0 saturated carbocycles. The van der Waals surface area contributed by atoms with Gasteiger partial charge in [-0.05, 0) is 30.9 Å². The smallest absolute Gasteiger partial charge is 0.0625 e. The van der Waals surface area contributed by atoms with Gasteiger partial charge >= 0.3 is 0 Å². The monoisotopic (exact) mass is 223 g/mol. The van der Waals surface area contributed by atoms with E-state index in [1.54, 1.807) is 0 Å². The first-order valence-electron chi connectivity index (χ1n) is 6.15. The maximum Gasteiger partial charge on any atom is 0.0625 e. The fourth-order valence-corrected chi connectivity index (χ4v) is 1.98. The largest absolute Gasteiger partial charge is 0.314 e. The van der Waals surface area contributed by atoms with Crippen molar-refractivity contribution in [1.29, 1.82) is 0 Å². The summed E-state index contributed by atoms with van der Waals surface area (Å²) < 4.78 is 1.87. The summed E-state index contributed by atoms with van der Waals surface area (Å²) in [5.41, 5.74) is 1.50. The summed E-state index contributed by atoms with van der Waals surface area (Å²) in [6, 6.07) is 2.66. The van der Waals surface area contributed by atoms with Crippen molar-refractivity contribution in [2.75, 3.05) is 6.54 Å². The van der Waals surface area contributed by atoms with Gasteiger partial charge in [0, 0.05) is 19.3 Å². The summed E-state index contributed by atoms with van der Waals surface area (Å²) in [4.78, 5) is 0. The Hall–Kier alpha value is -0.830. The lowest BCUT2D eigenvalue weighted by Gasteiger charge is -2.31. The summed E-state index contributed by atoms with van der Waals surface area (Å²) in [6.45, 7) is 10.1. The fraction of sp³-hybridized carbons (Fsp3) is 0.769. The zero-order chi connectivity index (χ0) is 12.2. The highest BCUT2D eigenvalue weighted by Gasteiger charge is 2.23. The van der Waals surface area contributed by atoms with Crippen LogP contribution in [0.5, 0.6) is 0 Å². The summed E-state index contributed by atoms with van der Waals surface area (Å²) in [5, 5.41) is 7.98. The average Bonchev–Trinajstić information content (AvgIpc) is 2.57. The first-order valence-corrected chi connectivity index (χ1v) is 6.15. The lowest BCUT2D eigenvalue weighted by Crippen LogP contribution is -2.40. The maximum absolute atomic E-state index is 4.41. The van der Waals surface area contributed by atoms with Crippen LogP contribution in [0.25, 0.3) is 0 Å². The quantitative estimate of drug-likeness (QED) is 0.830. The van der Waals surface area contributed by atoms with E-state index in [2.05, 4.69) is 44.2 Å². The van der Waals surface area contributed by atoms with Crippen molar-refractivity contribution in [3.63, 3.8) is 0 Å². The summed E-state index contributed by atoms with van der Waals surface area (Å²) in [5.74, 6) is 0. The van der Waals surface area contributed by atoms with Gasteiger partial charge in [0.05, 0.1) is 5.69 Å². The molecule has 1 N–H and O–H groups in total. The molecule has 1 aromatic rings. The molecule has 0 aromatic carbocycles. The number of nitrogens with one attached hydrogen (secondary N) is 1. The lowest BCUT2D eigenvalue weighted by molar-refractivity contribution is 0.258. The molecule has 0 aliphatic carbocycles. The van der Waals surface area contributed by atoms with Gasteiger partial charge in [0.15, 0.2) is 0 Å².